The molecule has 0 aliphatic carbocycles. The number of anilines is 1. The van der Waals surface area contributed by atoms with Gasteiger partial charge in [-0.25, -0.2) is 4.68 Å². The van der Waals surface area contributed by atoms with E-state index in [9.17, 15) is 0 Å². The highest BCUT2D eigenvalue weighted by atomic mass is 16.3. The minimum atomic E-state index is 0.0764. The minimum Gasteiger partial charge on any atom is -0.394 e. The summed E-state index contributed by atoms with van der Waals surface area (Å²) in [5.41, 5.74) is 6.69. The molecule has 1 rings (SSSR count). The summed E-state index contributed by atoms with van der Waals surface area (Å²) in [6, 6.07) is 1.87. The number of hydrogen-bond donors (Lipinski definition) is 2. The molecule has 0 aliphatic rings. The van der Waals surface area contributed by atoms with E-state index in [1.807, 2.05) is 6.07 Å². The van der Waals surface area contributed by atoms with Gasteiger partial charge in [0.2, 0.25) is 0 Å². The van der Waals surface area contributed by atoms with E-state index in [0.29, 0.717) is 18.3 Å². The van der Waals surface area contributed by atoms with Crippen LogP contribution in [0.1, 0.15) is 19.5 Å². The van der Waals surface area contributed by atoms with Crippen LogP contribution in [0.15, 0.2) is 6.07 Å². The zero-order valence-corrected chi connectivity index (χ0v) is 8.20. The molecule has 0 saturated heterocycles. The zero-order chi connectivity index (χ0) is 9.84. The molecule has 1 aromatic heterocycles. The molecule has 4 heteroatoms. The molecular formula is C9H17N3O. The minimum absolute atomic E-state index is 0.0764. The molecule has 74 valence electrons. The Labute approximate surface area is 78.4 Å². The Bertz CT molecular complexity index is 268. The lowest BCUT2D eigenvalue weighted by molar-refractivity contribution is 0.270. The Hall–Kier alpha value is -1.03. The van der Waals surface area contributed by atoms with Gasteiger partial charge in [-0.3, -0.25) is 0 Å². The van der Waals surface area contributed by atoms with Gasteiger partial charge in [-0.05, 0) is 12.3 Å². The van der Waals surface area contributed by atoms with E-state index in [2.05, 4.69) is 18.9 Å². The second kappa shape index (κ2) is 4.28. The summed E-state index contributed by atoms with van der Waals surface area (Å²) in [5.74, 6) is 1.21. The maximum absolute atomic E-state index is 8.72. The number of nitrogens with two attached hydrogens (primary N) is 1. The SMILES string of the molecule is CC(C)Cc1cc(N)n(CCO)n1. The van der Waals surface area contributed by atoms with Crippen molar-refractivity contribution in [3.8, 4) is 0 Å². The summed E-state index contributed by atoms with van der Waals surface area (Å²) in [6.45, 7) is 4.83. The highest BCUT2D eigenvalue weighted by molar-refractivity contribution is 5.30. The molecule has 0 aromatic carbocycles. The van der Waals surface area contributed by atoms with Crippen molar-refractivity contribution in [1.29, 1.82) is 0 Å². The third kappa shape index (κ3) is 2.73. The molecular weight excluding hydrogens is 166 g/mol. The molecule has 0 aliphatic heterocycles. The van der Waals surface area contributed by atoms with Crippen molar-refractivity contribution < 1.29 is 5.11 Å². The highest BCUT2D eigenvalue weighted by Crippen LogP contribution is 2.10. The summed E-state index contributed by atoms with van der Waals surface area (Å²) < 4.78 is 1.64. The Balaban J connectivity index is 2.70. The number of aliphatic hydroxyl groups excluding tert-OH is 1. The van der Waals surface area contributed by atoms with Crippen LogP contribution < -0.4 is 5.73 Å². The smallest absolute Gasteiger partial charge is 0.122 e. The standard InChI is InChI=1S/C9H17N3O/c1-7(2)5-8-6-9(10)12(11-8)3-4-13/h6-7,13H,3-5,10H2,1-2H3. The van der Waals surface area contributed by atoms with Crippen LogP contribution in [0.3, 0.4) is 0 Å². The van der Waals surface area contributed by atoms with E-state index in [1.165, 1.54) is 0 Å². The van der Waals surface area contributed by atoms with Crippen molar-refractivity contribution in [3.05, 3.63) is 11.8 Å². The molecule has 1 aromatic rings. The Kier molecular flexibility index (Phi) is 3.31. The summed E-state index contributed by atoms with van der Waals surface area (Å²) >= 11 is 0. The van der Waals surface area contributed by atoms with E-state index in [-0.39, 0.29) is 6.61 Å². The van der Waals surface area contributed by atoms with Gasteiger partial charge in [-0.2, -0.15) is 5.10 Å². The molecule has 13 heavy (non-hydrogen) atoms. The average Bonchev–Trinajstić information content (AvgIpc) is 2.31. The third-order valence-corrected chi connectivity index (χ3v) is 1.79. The van der Waals surface area contributed by atoms with Crippen molar-refractivity contribution >= 4 is 5.82 Å². The maximum Gasteiger partial charge on any atom is 0.122 e. The van der Waals surface area contributed by atoms with Gasteiger partial charge < -0.3 is 10.8 Å². The van der Waals surface area contributed by atoms with Crippen LogP contribution in [0.25, 0.3) is 0 Å². The highest BCUT2D eigenvalue weighted by Gasteiger charge is 2.05. The number of nitrogens with zero attached hydrogens (tertiary/aromatic N) is 2. The largest absolute Gasteiger partial charge is 0.394 e. The van der Waals surface area contributed by atoms with Gasteiger partial charge in [0.1, 0.15) is 5.82 Å². The van der Waals surface area contributed by atoms with Gasteiger partial charge in [-0.1, -0.05) is 13.8 Å². The lowest BCUT2D eigenvalue weighted by atomic mass is 10.1. The molecule has 0 radical (unpaired) electrons. The average molecular weight is 183 g/mol. The fourth-order valence-corrected chi connectivity index (χ4v) is 1.28. The lowest BCUT2D eigenvalue weighted by Crippen LogP contribution is -2.07. The Morgan fingerprint density at radius 1 is 1.62 bits per heavy atom. The number of rotatable bonds is 4. The van der Waals surface area contributed by atoms with E-state index in [1.54, 1.807) is 4.68 Å². The Morgan fingerprint density at radius 3 is 2.85 bits per heavy atom. The fraction of sp³-hybridized carbons (Fsp3) is 0.667. The molecule has 1 heterocycles. The van der Waals surface area contributed by atoms with Crippen molar-refractivity contribution in [2.45, 2.75) is 26.8 Å². The second-order valence-electron chi connectivity index (χ2n) is 3.61. The van der Waals surface area contributed by atoms with Crippen LogP contribution in [0.2, 0.25) is 0 Å². The van der Waals surface area contributed by atoms with Gasteiger partial charge in [0, 0.05) is 6.07 Å². The predicted molar refractivity (Wildman–Crippen MR) is 52.3 cm³/mol. The lowest BCUT2D eigenvalue weighted by Gasteiger charge is -2.00. The third-order valence-electron chi connectivity index (χ3n) is 1.79. The zero-order valence-electron chi connectivity index (χ0n) is 8.20. The van der Waals surface area contributed by atoms with Gasteiger partial charge >= 0.3 is 0 Å². The van der Waals surface area contributed by atoms with Crippen LogP contribution in [-0.2, 0) is 13.0 Å². The topological polar surface area (TPSA) is 64.1 Å². The van der Waals surface area contributed by atoms with Crippen molar-refractivity contribution in [1.82, 2.24) is 9.78 Å². The summed E-state index contributed by atoms with van der Waals surface area (Å²) in [6.07, 6.45) is 0.933. The molecule has 4 nitrogen and oxygen atoms in total. The first-order valence-corrected chi connectivity index (χ1v) is 4.56. The van der Waals surface area contributed by atoms with E-state index >= 15 is 0 Å². The quantitative estimate of drug-likeness (QED) is 0.720. The molecule has 0 fully saturated rings. The summed E-state index contributed by atoms with van der Waals surface area (Å²) in [7, 11) is 0. The normalized spacial score (nSPS) is 11.1. The second-order valence-corrected chi connectivity index (χ2v) is 3.61. The van der Waals surface area contributed by atoms with Gasteiger partial charge in [-0.15, -0.1) is 0 Å². The number of nitrogen functional groups attached to an aromatic ring is 1. The van der Waals surface area contributed by atoms with E-state index < -0.39 is 0 Å². The fourth-order valence-electron chi connectivity index (χ4n) is 1.28. The molecule has 0 unspecified atom stereocenters. The molecule has 0 bridgehead atoms. The van der Waals surface area contributed by atoms with E-state index in [0.717, 1.165) is 12.1 Å². The first-order valence-electron chi connectivity index (χ1n) is 4.56. The van der Waals surface area contributed by atoms with Crippen LogP contribution in [-0.4, -0.2) is 21.5 Å². The van der Waals surface area contributed by atoms with Crippen LogP contribution in [0, 0.1) is 5.92 Å². The molecule has 0 spiro atoms. The van der Waals surface area contributed by atoms with Crippen molar-refractivity contribution in [3.63, 3.8) is 0 Å². The summed E-state index contributed by atoms with van der Waals surface area (Å²) in [5, 5.41) is 13.0. The Morgan fingerprint density at radius 2 is 2.31 bits per heavy atom. The number of aromatic nitrogens is 2. The number of hydrogen-bond acceptors (Lipinski definition) is 3. The molecule has 0 atom stereocenters. The molecule has 0 saturated carbocycles. The van der Waals surface area contributed by atoms with Gasteiger partial charge in [0.05, 0.1) is 18.8 Å². The first kappa shape index (κ1) is 10.1. The van der Waals surface area contributed by atoms with E-state index in [4.69, 9.17) is 10.8 Å². The monoisotopic (exact) mass is 183 g/mol. The van der Waals surface area contributed by atoms with Gasteiger partial charge in [0.15, 0.2) is 0 Å². The summed E-state index contributed by atoms with van der Waals surface area (Å²) in [4.78, 5) is 0. The molecule has 0 amide bonds. The van der Waals surface area contributed by atoms with Gasteiger partial charge in [0.25, 0.3) is 0 Å². The molecule has 3 N–H and O–H groups in total. The van der Waals surface area contributed by atoms with Crippen molar-refractivity contribution in [2.75, 3.05) is 12.3 Å². The van der Waals surface area contributed by atoms with Crippen LogP contribution >= 0.6 is 0 Å². The van der Waals surface area contributed by atoms with Crippen molar-refractivity contribution in [2.24, 2.45) is 5.92 Å². The maximum atomic E-state index is 8.72. The van der Waals surface area contributed by atoms with Crippen LogP contribution in [0.4, 0.5) is 5.82 Å². The van der Waals surface area contributed by atoms with Crippen LogP contribution in [0.5, 0.6) is 0 Å². The predicted octanol–water partition coefficient (Wildman–Crippen LogP) is 0.656. The number of aliphatic hydroxyl groups is 1. The first-order chi connectivity index (χ1) is 6.13.